The first-order valence-corrected chi connectivity index (χ1v) is 8.02. The zero-order valence-corrected chi connectivity index (χ0v) is 13.8. The van der Waals surface area contributed by atoms with Gasteiger partial charge in [-0.2, -0.15) is 4.98 Å². The van der Waals surface area contributed by atoms with E-state index in [-0.39, 0.29) is 0 Å². The number of hydrogen-bond donors (Lipinski definition) is 1. The fraction of sp³-hybridized carbons (Fsp3) is 0.375. The number of rotatable bonds is 3. The third-order valence-corrected chi connectivity index (χ3v) is 4.65. The smallest absolute Gasteiger partial charge is 0.240 e. The number of nitrogens with one attached hydrogen (secondary N) is 1. The van der Waals surface area contributed by atoms with Crippen molar-refractivity contribution in [2.75, 3.05) is 36.9 Å². The van der Waals surface area contributed by atoms with Crippen molar-refractivity contribution in [3.05, 3.63) is 24.3 Å². The van der Waals surface area contributed by atoms with Gasteiger partial charge in [-0.1, -0.05) is 12.1 Å². The highest BCUT2D eigenvalue weighted by Crippen LogP contribution is 2.35. The Morgan fingerprint density at radius 2 is 2.13 bits per heavy atom. The van der Waals surface area contributed by atoms with Gasteiger partial charge in [0.2, 0.25) is 5.95 Å². The number of aromatic nitrogens is 2. The predicted octanol–water partition coefficient (Wildman–Crippen LogP) is 3.08. The molecule has 0 amide bonds. The normalized spacial score (nSPS) is 18.4. The van der Waals surface area contributed by atoms with E-state index in [1.54, 1.807) is 0 Å². The van der Waals surface area contributed by atoms with Crippen LogP contribution < -0.4 is 9.74 Å². The highest BCUT2D eigenvalue weighted by atomic mass is 35.5. The second-order valence-electron chi connectivity index (χ2n) is 6.09. The summed E-state index contributed by atoms with van der Waals surface area (Å²) in [4.78, 5) is 16.1. The molecule has 1 fully saturated rings. The van der Waals surface area contributed by atoms with E-state index in [4.69, 9.17) is 16.2 Å². The van der Waals surface area contributed by atoms with E-state index in [2.05, 4.69) is 38.7 Å². The van der Waals surface area contributed by atoms with Crippen LogP contribution in [0.5, 0.6) is 0 Å². The number of para-hydroxylation sites is 1. The molecule has 0 bridgehead atoms. The van der Waals surface area contributed by atoms with Gasteiger partial charge in [0.15, 0.2) is 11.4 Å². The van der Waals surface area contributed by atoms with Gasteiger partial charge in [0.1, 0.15) is 11.1 Å². The lowest BCUT2D eigenvalue weighted by Crippen LogP contribution is -2.31. The molecule has 0 spiro atoms. The van der Waals surface area contributed by atoms with Crippen LogP contribution in [0.4, 0.5) is 11.8 Å². The van der Waals surface area contributed by atoms with E-state index in [1.165, 1.54) is 0 Å². The molecule has 120 valence electrons. The number of halogens is 1. The van der Waals surface area contributed by atoms with Crippen molar-refractivity contribution in [1.82, 2.24) is 14.9 Å². The Bertz CT molecular complexity index is 862. The third-order valence-electron chi connectivity index (χ3n) is 4.48. The molecule has 0 aliphatic carbocycles. The van der Waals surface area contributed by atoms with Gasteiger partial charge >= 0.3 is 0 Å². The first-order valence-electron chi connectivity index (χ1n) is 7.64. The minimum Gasteiger partial charge on any atom is -0.450 e. The molecule has 1 unspecified atom stereocenters. The molecule has 23 heavy (non-hydrogen) atoms. The fourth-order valence-corrected chi connectivity index (χ4v) is 3.27. The molecular weight excluding hydrogens is 314 g/mol. The maximum Gasteiger partial charge on any atom is 0.240 e. The van der Waals surface area contributed by atoms with E-state index in [0.29, 0.717) is 12.0 Å². The van der Waals surface area contributed by atoms with Crippen LogP contribution in [0.2, 0.25) is 0 Å². The summed E-state index contributed by atoms with van der Waals surface area (Å²) in [6.45, 7) is 1.85. The largest absolute Gasteiger partial charge is 0.450 e. The van der Waals surface area contributed by atoms with Crippen LogP contribution in [-0.4, -0.2) is 48.1 Å². The van der Waals surface area contributed by atoms with Crippen molar-refractivity contribution < 1.29 is 4.42 Å². The molecule has 0 radical (unpaired) electrons. The lowest BCUT2D eigenvalue weighted by molar-refractivity contribution is 0.315. The summed E-state index contributed by atoms with van der Waals surface area (Å²) in [5.74, 6) is 1.20. The second kappa shape index (κ2) is 5.54. The highest BCUT2D eigenvalue weighted by Gasteiger charge is 2.28. The van der Waals surface area contributed by atoms with E-state index in [1.807, 2.05) is 24.3 Å². The first-order chi connectivity index (χ1) is 11.2. The summed E-state index contributed by atoms with van der Waals surface area (Å²) in [7, 11) is 4.22. The molecule has 6 nitrogen and oxygen atoms in total. The summed E-state index contributed by atoms with van der Waals surface area (Å²) >= 11 is 5.77. The van der Waals surface area contributed by atoms with Crippen molar-refractivity contribution in [3.8, 4) is 0 Å². The van der Waals surface area contributed by atoms with Gasteiger partial charge < -0.3 is 14.2 Å². The maximum absolute atomic E-state index is 6.04. The van der Waals surface area contributed by atoms with Crippen LogP contribution in [0.1, 0.15) is 6.42 Å². The van der Waals surface area contributed by atoms with Gasteiger partial charge in [-0.15, -0.1) is 0 Å². The Morgan fingerprint density at radius 1 is 1.30 bits per heavy atom. The summed E-state index contributed by atoms with van der Waals surface area (Å²) in [6, 6.07) is 8.39. The number of anilines is 2. The minimum absolute atomic E-state index is 0.397. The number of hydrogen-bond acceptors (Lipinski definition) is 6. The van der Waals surface area contributed by atoms with Crippen LogP contribution in [-0.2, 0) is 0 Å². The lowest BCUT2D eigenvalue weighted by atomic mass is 10.2. The Kier molecular flexibility index (Phi) is 3.50. The SMILES string of the molecule is CN(C)C1CCN(c2nc(NCl)nc3c2oc2ccccc23)C1. The Hall–Kier alpha value is -2.05. The summed E-state index contributed by atoms with van der Waals surface area (Å²) in [6.07, 6.45) is 1.10. The topological polar surface area (TPSA) is 57.4 Å². The standard InChI is InChI=1S/C16H18ClN5O/c1-21(2)10-7-8-22(9-10)15-14-13(18-16(19-15)20-17)11-5-3-4-6-12(11)23-14/h3-6,10H,7-9H2,1-2H3,(H,18,19,20). The highest BCUT2D eigenvalue weighted by molar-refractivity contribution is 6.23. The van der Waals surface area contributed by atoms with Gasteiger partial charge in [0.25, 0.3) is 0 Å². The quantitative estimate of drug-likeness (QED) is 0.744. The average Bonchev–Trinajstić information content (AvgIpc) is 3.19. The number of fused-ring (bicyclic) bond motifs is 3. The zero-order chi connectivity index (χ0) is 16.0. The Balaban J connectivity index is 1.88. The maximum atomic E-state index is 6.04. The summed E-state index contributed by atoms with van der Waals surface area (Å²) < 4.78 is 6.04. The van der Waals surface area contributed by atoms with Crippen LogP contribution >= 0.6 is 11.8 Å². The Morgan fingerprint density at radius 3 is 2.87 bits per heavy atom. The third kappa shape index (κ3) is 2.38. The number of furan rings is 1. The van der Waals surface area contributed by atoms with Crippen LogP contribution in [0.15, 0.2) is 28.7 Å². The van der Waals surface area contributed by atoms with Crippen molar-refractivity contribution in [2.24, 2.45) is 0 Å². The molecule has 1 atom stereocenters. The lowest BCUT2D eigenvalue weighted by Gasteiger charge is -2.21. The number of benzene rings is 1. The van der Waals surface area contributed by atoms with E-state index >= 15 is 0 Å². The second-order valence-corrected chi connectivity index (χ2v) is 6.28. The number of nitrogens with zero attached hydrogens (tertiary/aromatic N) is 4. The van der Waals surface area contributed by atoms with Crippen LogP contribution in [0.3, 0.4) is 0 Å². The average molecular weight is 332 g/mol. The fourth-order valence-electron chi connectivity index (χ4n) is 3.19. The van der Waals surface area contributed by atoms with Gasteiger partial charge in [0.05, 0.1) is 0 Å². The van der Waals surface area contributed by atoms with E-state index in [9.17, 15) is 0 Å². The van der Waals surface area contributed by atoms with Crippen molar-refractivity contribution >= 4 is 45.6 Å². The van der Waals surface area contributed by atoms with Gasteiger partial charge in [-0.3, -0.25) is 4.84 Å². The number of likely N-dealkylation sites (N-methyl/N-ethyl adjacent to an activating group) is 1. The molecule has 0 saturated carbocycles. The molecule has 1 N–H and O–H groups in total. The van der Waals surface area contributed by atoms with Gasteiger partial charge in [0, 0.05) is 36.3 Å². The molecule has 1 aromatic carbocycles. The molecule has 1 saturated heterocycles. The van der Waals surface area contributed by atoms with Crippen LogP contribution in [0, 0.1) is 0 Å². The zero-order valence-electron chi connectivity index (χ0n) is 13.1. The molecule has 2 aromatic heterocycles. The minimum atomic E-state index is 0.397. The molecule has 1 aliphatic heterocycles. The Labute approximate surface area is 139 Å². The molecule has 3 heterocycles. The van der Waals surface area contributed by atoms with Crippen LogP contribution in [0.25, 0.3) is 22.1 Å². The first kappa shape index (κ1) is 14.5. The molecule has 4 rings (SSSR count). The van der Waals surface area contributed by atoms with E-state index < -0.39 is 0 Å². The molecule has 3 aromatic rings. The van der Waals surface area contributed by atoms with Gasteiger partial charge in [-0.25, -0.2) is 4.98 Å². The van der Waals surface area contributed by atoms with Crippen molar-refractivity contribution in [3.63, 3.8) is 0 Å². The summed E-state index contributed by atoms with van der Waals surface area (Å²) in [5, 5.41) is 0.975. The monoisotopic (exact) mass is 331 g/mol. The molecular formula is C16H18ClN5O. The molecule has 1 aliphatic rings. The van der Waals surface area contributed by atoms with Crippen molar-refractivity contribution in [1.29, 1.82) is 0 Å². The predicted molar refractivity (Wildman–Crippen MR) is 93.1 cm³/mol. The molecule has 7 heteroatoms. The summed E-state index contributed by atoms with van der Waals surface area (Å²) in [5.41, 5.74) is 2.33. The van der Waals surface area contributed by atoms with Gasteiger partial charge in [-0.05, 0) is 32.6 Å². The van der Waals surface area contributed by atoms with Crippen molar-refractivity contribution in [2.45, 2.75) is 12.5 Å². The van der Waals surface area contributed by atoms with E-state index in [0.717, 1.165) is 47.4 Å².